The first kappa shape index (κ1) is 19.5. The highest BCUT2D eigenvalue weighted by molar-refractivity contribution is 7.09. The van der Waals surface area contributed by atoms with Crippen LogP contribution >= 0.6 is 11.3 Å². The molecule has 7 heteroatoms. The third-order valence-corrected chi connectivity index (χ3v) is 6.01. The summed E-state index contributed by atoms with van der Waals surface area (Å²) >= 11 is 1.66. The van der Waals surface area contributed by atoms with E-state index in [-0.39, 0.29) is 11.8 Å². The number of nitrogens with zero attached hydrogens (tertiary/aromatic N) is 3. The number of likely N-dealkylation sites (tertiary alicyclic amines) is 1. The van der Waals surface area contributed by atoms with Crippen molar-refractivity contribution in [3.05, 3.63) is 51.1 Å². The van der Waals surface area contributed by atoms with Crippen molar-refractivity contribution in [1.82, 2.24) is 14.9 Å². The Morgan fingerprint density at radius 2 is 2.07 bits per heavy atom. The molecule has 4 heterocycles. The van der Waals surface area contributed by atoms with Crippen LogP contribution in [0.2, 0.25) is 0 Å². The lowest BCUT2D eigenvalue weighted by Gasteiger charge is -2.27. The van der Waals surface area contributed by atoms with Crippen molar-refractivity contribution in [3.63, 3.8) is 0 Å². The molecule has 2 aromatic rings. The number of anilines is 1. The van der Waals surface area contributed by atoms with Crippen molar-refractivity contribution in [3.8, 4) is 0 Å². The van der Waals surface area contributed by atoms with Gasteiger partial charge in [-0.05, 0) is 62.0 Å². The van der Waals surface area contributed by atoms with Gasteiger partial charge in [-0.25, -0.2) is 9.97 Å². The molecule has 2 aliphatic heterocycles. The number of amides is 2. The number of hydrogen-bond acceptors (Lipinski definition) is 5. The minimum absolute atomic E-state index is 0.0122. The van der Waals surface area contributed by atoms with Crippen LogP contribution in [0.25, 0.3) is 12.2 Å². The quantitative estimate of drug-likeness (QED) is 0.783. The summed E-state index contributed by atoms with van der Waals surface area (Å²) in [4.78, 5) is 34.9. The van der Waals surface area contributed by atoms with Crippen LogP contribution in [0.4, 0.5) is 5.82 Å². The molecule has 2 aromatic heterocycles. The van der Waals surface area contributed by atoms with Crippen LogP contribution in [-0.4, -0.2) is 39.8 Å². The monoisotopic (exact) mass is 408 g/mol. The van der Waals surface area contributed by atoms with Crippen LogP contribution in [0.15, 0.2) is 29.3 Å². The molecule has 6 nitrogen and oxygen atoms in total. The van der Waals surface area contributed by atoms with Crippen LogP contribution in [0.1, 0.15) is 47.5 Å². The van der Waals surface area contributed by atoms with Gasteiger partial charge in [-0.2, -0.15) is 0 Å². The molecular formula is C22H24N4O2S. The minimum atomic E-state index is 0.0122. The number of fused-ring (bicyclic) bond motifs is 1. The summed E-state index contributed by atoms with van der Waals surface area (Å²) in [5.41, 5.74) is 4.27. The van der Waals surface area contributed by atoms with Gasteiger partial charge in [0.2, 0.25) is 11.8 Å². The maximum atomic E-state index is 12.6. The van der Waals surface area contributed by atoms with Crippen molar-refractivity contribution in [2.45, 2.75) is 39.0 Å². The van der Waals surface area contributed by atoms with Crippen molar-refractivity contribution >= 4 is 41.1 Å². The number of carbonyl (C=O) groups is 2. The average molecular weight is 409 g/mol. The van der Waals surface area contributed by atoms with Gasteiger partial charge in [0.1, 0.15) is 5.82 Å². The van der Waals surface area contributed by atoms with Crippen LogP contribution in [0.5, 0.6) is 0 Å². The molecular weight excluding hydrogens is 384 g/mol. The Balaban J connectivity index is 1.35. The third-order valence-electron chi connectivity index (χ3n) is 5.22. The molecule has 4 rings (SSSR count). The van der Waals surface area contributed by atoms with E-state index < -0.39 is 0 Å². The molecule has 1 N–H and O–H groups in total. The van der Waals surface area contributed by atoms with E-state index in [4.69, 9.17) is 0 Å². The third kappa shape index (κ3) is 4.98. The lowest BCUT2D eigenvalue weighted by molar-refractivity contribution is -0.126. The number of rotatable bonds is 3. The highest BCUT2D eigenvalue weighted by atomic mass is 32.1. The maximum absolute atomic E-state index is 12.6. The Kier molecular flexibility index (Phi) is 5.85. The first-order chi connectivity index (χ1) is 14.1. The number of nitrogens with one attached hydrogen (secondary N) is 1. The van der Waals surface area contributed by atoms with Crippen molar-refractivity contribution in [2.24, 2.45) is 0 Å². The summed E-state index contributed by atoms with van der Waals surface area (Å²) in [6.07, 6.45) is 11.2. The Hall–Kier alpha value is -2.80. The second kappa shape index (κ2) is 8.69. The fourth-order valence-corrected chi connectivity index (χ4v) is 4.21. The fourth-order valence-electron chi connectivity index (χ4n) is 3.64. The fraction of sp³-hybridized carbons (Fsp3) is 0.364. The predicted octanol–water partition coefficient (Wildman–Crippen LogP) is 3.84. The van der Waals surface area contributed by atoms with Gasteiger partial charge in [-0.15, -0.1) is 11.3 Å². The van der Waals surface area contributed by atoms with Gasteiger partial charge >= 0.3 is 0 Å². The lowest BCUT2D eigenvalue weighted by atomic mass is 10.0. The highest BCUT2D eigenvalue weighted by Gasteiger charge is 2.18. The molecule has 0 aliphatic carbocycles. The van der Waals surface area contributed by atoms with Gasteiger partial charge in [0.15, 0.2) is 0 Å². The molecule has 150 valence electrons. The summed E-state index contributed by atoms with van der Waals surface area (Å²) in [5, 5.41) is 5.98. The van der Waals surface area contributed by atoms with Gasteiger partial charge in [0, 0.05) is 37.2 Å². The normalized spacial score (nSPS) is 17.1. The first-order valence-electron chi connectivity index (χ1n) is 9.94. The molecule has 0 saturated carbocycles. The van der Waals surface area contributed by atoms with Gasteiger partial charge in [-0.1, -0.05) is 5.57 Å². The van der Waals surface area contributed by atoms with Crippen LogP contribution in [-0.2, 0) is 16.0 Å². The smallest absolute Gasteiger partial charge is 0.246 e. The summed E-state index contributed by atoms with van der Waals surface area (Å²) in [6, 6.07) is 2.00. The van der Waals surface area contributed by atoms with E-state index in [9.17, 15) is 9.59 Å². The number of hydrogen-bond donors (Lipinski definition) is 1. The Labute approximate surface area is 174 Å². The first-order valence-corrected chi connectivity index (χ1v) is 10.8. The molecule has 0 spiro atoms. The van der Waals surface area contributed by atoms with Crippen LogP contribution in [0.3, 0.4) is 0 Å². The van der Waals surface area contributed by atoms with E-state index in [2.05, 4.69) is 26.7 Å². The number of piperidine rings is 1. The predicted molar refractivity (Wildman–Crippen MR) is 115 cm³/mol. The van der Waals surface area contributed by atoms with E-state index in [1.54, 1.807) is 23.6 Å². The lowest BCUT2D eigenvalue weighted by Crippen LogP contribution is -2.35. The highest BCUT2D eigenvalue weighted by Crippen LogP contribution is 2.22. The summed E-state index contributed by atoms with van der Waals surface area (Å²) in [7, 11) is 0. The molecule has 2 amide bonds. The zero-order chi connectivity index (χ0) is 20.2. The number of thiazole rings is 1. The molecule has 1 saturated heterocycles. The van der Waals surface area contributed by atoms with E-state index in [1.165, 1.54) is 5.57 Å². The topological polar surface area (TPSA) is 75.2 Å². The molecule has 0 radical (unpaired) electrons. The number of pyridine rings is 1. The van der Waals surface area contributed by atoms with Crippen molar-refractivity contribution in [1.29, 1.82) is 0 Å². The maximum Gasteiger partial charge on any atom is 0.246 e. The standard InChI is InChI=1S/C22H24N4O2S/c1-15-24-19(14-29-15)12-16-7-9-26(10-8-16)21(28)6-5-17-11-18-3-2-4-20(27)25-22(18)23-13-17/h5-6,11-14H,2-4,7-10H2,1H3,(H,23,25,27). The summed E-state index contributed by atoms with van der Waals surface area (Å²) in [5.74, 6) is 0.677. The SMILES string of the molecule is Cc1nc(C=C2CCN(C(=O)C=Cc3cnc4c(c3)CCCC(=O)N4)CC2)cs1. The molecule has 2 aliphatic rings. The molecule has 0 unspecified atom stereocenters. The number of aryl methyl sites for hydroxylation is 2. The van der Waals surface area contributed by atoms with Crippen LogP contribution in [0, 0.1) is 6.92 Å². The van der Waals surface area contributed by atoms with E-state index in [0.29, 0.717) is 12.2 Å². The zero-order valence-corrected chi connectivity index (χ0v) is 17.3. The molecule has 0 aromatic carbocycles. The average Bonchev–Trinajstić information content (AvgIpc) is 3.02. The molecule has 0 atom stereocenters. The van der Waals surface area contributed by atoms with Gasteiger partial charge < -0.3 is 10.2 Å². The number of aromatic nitrogens is 2. The van der Waals surface area contributed by atoms with E-state index >= 15 is 0 Å². The van der Waals surface area contributed by atoms with Gasteiger partial charge in [-0.3, -0.25) is 9.59 Å². The Bertz CT molecular complexity index is 982. The largest absolute Gasteiger partial charge is 0.339 e. The summed E-state index contributed by atoms with van der Waals surface area (Å²) in [6.45, 7) is 3.47. The van der Waals surface area contributed by atoms with Crippen molar-refractivity contribution < 1.29 is 9.59 Å². The second-order valence-corrected chi connectivity index (χ2v) is 8.49. The van der Waals surface area contributed by atoms with Crippen molar-refractivity contribution in [2.75, 3.05) is 18.4 Å². The van der Waals surface area contributed by atoms with E-state index in [1.807, 2.05) is 24.0 Å². The van der Waals surface area contributed by atoms with Crippen LogP contribution < -0.4 is 5.32 Å². The second-order valence-electron chi connectivity index (χ2n) is 7.43. The molecule has 1 fully saturated rings. The van der Waals surface area contributed by atoms with E-state index in [0.717, 1.165) is 60.6 Å². The molecule has 0 bridgehead atoms. The minimum Gasteiger partial charge on any atom is -0.339 e. The Morgan fingerprint density at radius 3 is 2.83 bits per heavy atom. The van der Waals surface area contributed by atoms with Gasteiger partial charge in [0.05, 0.1) is 10.7 Å². The summed E-state index contributed by atoms with van der Waals surface area (Å²) < 4.78 is 0. The Morgan fingerprint density at radius 1 is 1.24 bits per heavy atom. The van der Waals surface area contributed by atoms with Gasteiger partial charge in [0.25, 0.3) is 0 Å². The molecule has 29 heavy (non-hydrogen) atoms. The zero-order valence-electron chi connectivity index (χ0n) is 16.5. The number of carbonyl (C=O) groups excluding carboxylic acids is 2.